The van der Waals surface area contributed by atoms with Crippen LogP contribution in [0.5, 0.6) is 11.5 Å². The predicted octanol–water partition coefficient (Wildman–Crippen LogP) is 3.25. The Hall–Kier alpha value is -1.22. The summed E-state index contributed by atoms with van der Waals surface area (Å²) in [6.45, 7) is 4.83. The number of hydrogen-bond donors (Lipinski definition) is 1. The Morgan fingerprint density at radius 3 is 2.78 bits per heavy atom. The van der Waals surface area contributed by atoms with Crippen molar-refractivity contribution in [3.05, 3.63) is 23.8 Å². The van der Waals surface area contributed by atoms with Gasteiger partial charge in [0.1, 0.15) is 0 Å². The second-order valence-corrected chi connectivity index (χ2v) is 5.58. The monoisotopic (exact) mass is 247 g/mol. The summed E-state index contributed by atoms with van der Waals surface area (Å²) in [6, 6.07) is 7.14. The lowest BCUT2D eigenvalue weighted by molar-refractivity contribution is 0.174. The van der Waals surface area contributed by atoms with Crippen molar-refractivity contribution >= 4 is 0 Å². The summed E-state index contributed by atoms with van der Waals surface area (Å²) in [5.41, 5.74) is 1.27. The third-order valence-corrected chi connectivity index (χ3v) is 3.81. The molecule has 2 unspecified atom stereocenters. The number of fused-ring (bicyclic) bond motifs is 1. The van der Waals surface area contributed by atoms with E-state index in [-0.39, 0.29) is 0 Å². The Morgan fingerprint density at radius 2 is 2.00 bits per heavy atom. The average Bonchev–Trinajstić information content (AvgIpc) is 3.03. The number of nitrogens with one attached hydrogen (secondary N) is 1. The second kappa shape index (κ2) is 4.81. The Kier molecular flexibility index (Phi) is 3.16. The largest absolute Gasteiger partial charge is 0.454 e. The zero-order valence-electron chi connectivity index (χ0n) is 11.1. The fourth-order valence-corrected chi connectivity index (χ4v) is 2.63. The summed E-state index contributed by atoms with van der Waals surface area (Å²) in [6.07, 6.45) is 4.14. The Morgan fingerprint density at radius 1 is 1.22 bits per heavy atom. The van der Waals surface area contributed by atoms with Crippen molar-refractivity contribution < 1.29 is 9.47 Å². The summed E-state index contributed by atoms with van der Waals surface area (Å²) in [5, 5.41) is 3.66. The average molecular weight is 247 g/mol. The topological polar surface area (TPSA) is 30.5 Å². The van der Waals surface area contributed by atoms with Gasteiger partial charge in [-0.25, -0.2) is 0 Å². The van der Waals surface area contributed by atoms with E-state index in [2.05, 4.69) is 31.3 Å². The first-order chi connectivity index (χ1) is 8.72. The van der Waals surface area contributed by atoms with E-state index in [9.17, 15) is 0 Å². The predicted molar refractivity (Wildman–Crippen MR) is 70.9 cm³/mol. The van der Waals surface area contributed by atoms with Crippen LogP contribution in [0.4, 0.5) is 0 Å². The smallest absolute Gasteiger partial charge is 0.231 e. The summed E-state index contributed by atoms with van der Waals surface area (Å²) in [4.78, 5) is 0. The highest BCUT2D eigenvalue weighted by Crippen LogP contribution is 2.35. The van der Waals surface area contributed by atoms with Crippen LogP contribution in [-0.2, 0) is 0 Å². The third kappa shape index (κ3) is 2.61. The van der Waals surface area contributed by atoms with Gasteiger partial charge in [-0.15, -0.1) is 0 Å². The van der Waals surface area contributed by atoms with Gasteiger partial charge in [0.05, 0.1) is 0 Å². The van der Waals surface area contributed by atoms with E-state index in [1.165, 1.54) is 24.8 Å². The lowest BCUT2D eigenvalue weighted by Gasteiger charge is -2.20. The third-order valence-electron chi connectivity index (χ3n) is 3.81. The van der Waals surface area contributed by atoms with Crippen LogP contribution in [0, 0.1) is 5.92 Å². The maximum atomic E-state index is 5.42. The van der Waals surface area contributed by atoms with Crippen LogP contribution < -0.4 is 14.8 Å². The highest BCUT2D eigenvalue weighted by Gasteiger charge is 2.24. The van der Waals surface area contributed by atoms with E-state index in [1.807, 2.05) is 6.07 Å². The normalized spacial score (nSPS) is 20.8. The molecular formula is C15H21NO2. The van der Waals surface area contributed by atoms with Gasteiger partial charge < -0.3 is 14.8 Å². The summed E-state index contributed by atoms with van der Waals surface area (Å²) in [5.74, 6) is 2.70. The zero-order chi connectivity index (χ0) is 12.5. The molecule has 1 aromatic rings. The van der Waals surface area contributed by atoms with Crippen molar-refractivity contribution in [2.75, 3.05) is 6.79 Å². The van der Waals surface area contributed by atoms with Gasteiger partial charge in [0.15, 0.2) is 11.5 Å². The molecule has 0 saturated heterocycles. The molecule has 0 aromatic heterocycles. The Balaban J connectivity index is 1.62. The molecule has 1 saturated carbocycles. The molecule has 1 heterocycles. The molecule has 1 N–H and O–H groups in total. The van der Waals surface area contributed by atoms with Crippen molar-refractivity contribution in [1.29, 1.82) is 0 Å². The summed E-state index contributed by atoms with van der Waals surface area (Å²) < 4.78 is 10.8. The maximum absolute atomic E-state index is 5.42. The molecular weight excluding hydrogens is 226 g/mol. The van der Waals surface area contributed by atoms with Gasteiger partial charge in [-0.1, -0.05) is 18.9 Å². The van der Waals surface area contributed by atoms with E-state index < -0.39 is 0 Å². The van der Waals surface area contributed by atoms with E-state index in [0.717, 1.165) is 17.4 Å². The van der Waals surface area contributed by atoms with Gasteiger partial charge in [-0.2, -0.15) is 0 Å². The van der Waals surface area contributed by atoms with Crippen molar-refractivity contribution in [1.82, 2.24) is 5.32 Å². The number of hydrogen-bond acceptors (Lipinski definition) is 3. The van der Waals surface area contributed by atoms with Gasteiger partial charge in [-0.3, -0.25) is 0 Å². The molecule has 3 rings (SSSR count). The van der Waals surface area contributed by atoms with E-state index >= 15 is 0 Å². The molecule has 2 aliphatic rings. The molecule has 18 heavy (non-hydrogen) atoms. The van der Waals surface area contributed by atoms with Crippen LogP contribution in [-0.4, -0.2) is 12.8 Å². The molecule has 0 spiro atoms. The van der Waals surface area contributed by atoms with Crippen molar-refractivity contribution in [2.45, 2.75) is 45.2 Å². The number of rotatable bonds is 5. The van der Waals surface area contributed by atoms with Crippen LogP contribution in [0.2, 0.25) is 0 Å². The zero-order valence-corrected chi connectivity index (χ0v) is 11.1. The quantitative estimate of drug-likeness (QED) is 0.866. The minimum Gasteiger partial charge on any atom is -0.454 e. The standard InChI is InChI=1S/C15H21NO2/c1-10(7-12-3-4-12)16-11(2)13-5-6-14-15(8-13)18-9-17-14/h5-6,8,10-12,16H,3-4,7,9H2,1-2H3. The molecule has 98 valence electrons. The van der Waals surface area contributed by atoms with E-state index in [4.69, 9.17) is 9.47 Å². The molecule has 1 fully saturated rings. The summed E-state index contributed by atoms with van der Waals surface area (Å²) in [7, 11) is 0. The van der Waals surface area contributed by atoms with Crippen molar-refractivity contribution in [2.24, 2.45) is 5.92 Å². The molecule has 3 heteroatoms. The first-order valence-electron chi connectivity index (χ1n) is 6.88. The van der Waals surface area contributed by atoms with Crippen LogP contribution >= 0.6 is 0 Å². The molecule has 3 nitrogen and oxygen atoms in total. The molecule has 0 bridgehead atoms. The van der Waals surface area contributed by atoms with Crippen LogP contribution in [0.25, 0.3) is 0 Å². The lowest BCUT2D eigenvalue weighted by atomic mass is 10.1. The number of benzene rings is 1. The van der Waals surface area contributed by atoms with Gasteiger partial charge in [0.25, 0.3) is 0 Å². The lowest BCUT2D eigenvalue weighted by Crippen LogP contribution is -2.29. The van der Waals surface area contributed by atoms with Gasteiger partial charge in [0, 0.05) is 12.1 Å². The van der Waals surface area contributed by atoms with Crippen LogP contribution in [0.1, 0.15) is 44.7 Å². The Labute approximate surface area is 108 Å². The van der Waals surface area contributed by atoms with Crippen LogP contribution in [0.3, 0.4) is 0 Å². The van der Waals surface area contributed by atoms with Crippen molar-refractivity contribution in [3.63, 3.8) is 0 Å². The SMILES string of the molecule is CC(CC1CC1)NC(C)c1ccc2c(c1)OCO2. The summed E-state index contributed by atoms with van der Waals surface area (Å²) >= 11 is 0. The minimum atomic E-state index is 0.346. The fraction of sp³-hybridized carbons (Fsp3) is 0.600. The first kappa shape index (κ1) is 11.8. The fourth-order valence-electron chi connectivity index (χ4n) is 2.63. The second-order valence-electron chi connectivity index (χ2n) is 5.58. The first-order valence-corrected chi connectivity index (χ1v) is 6.88. The number of ether oxygens (including phenoxy) is 2. The van der Waals surface area contributed by atoms with Crippen LogP contribution in [0.15, 0.2) is 18.2 Å². The molecule has 0 amide bonds. The molecule has 1 aromatic carbocycles. The Bertz CT molecular complexity index is 429. The van der Waals surface area contributed by atoms with E-state index in [0.29, 0.717) is 18.9 Å². The molecule has 0 radical (unpaired) electrons. The minimum absolute atomic E-state index is 0.346. The molecule has 1 aliphatic carbocycles. The maximum Gasteiger partial charge on any atom is 0.231 e. The van der Waals surface area contributed by atoms with Gasteiger partial charge in [-0.05, 0) is 43.9 Å². The van der Waals surface area contributed by atoms with Crippen molar-refractivity contribution in [3.8, 4) is 11.5 Å². The molecule has 1 aliphatic heterocycles. The van der Waals surface area contributed by atoms with Gasteiger partial charge >= 0.3 is 0 Å². The highest BCUT2D eigenvalue weighted by atomic mass is 16.7. The highest BCUT2D eigenvalue weighted by molar-refractivity contribution is 5.45. The molecule has 2 atom stereocenters. The van der Waals surface area contributed by atoms with E-state index in [1.54, 1.807) is 0 Å². The van der Waals surface area contributed by atoms with Gasteiger partial charge in [0.2, 0.25) is 6.79 Å².